The van der Waals surface area contributed by atoms with Crippen molar-refractivity contribution in [1.29, 1.82) is 0 Å². The maximum Gasteiger partial charge on any atom is 0.147 e. The van der Waals surface area contributed by atoms with Gasteiger partial charge in [-0.1, -0.05) is 6.92 Å². The Balaban J connectivity index is 1.98. The molecular formula is C9H19NO2S. The highest BCUT2D eigenvalue weighted by Gasteiger charge is 2.14. The standard InChI is InChI=1S/C9H19NO2S/c1-2-8(10)5-13-6-9-3-4-11-7-12-9/h8-9H,2-7,10H2,1H3. The van der Waals surface area contributed by atoms with Crippen LogP contribution in [0.4, 0.5) is 0 Å². The van der Waals surface area contributed by atoms with Gasteiger partial charge in [-0.3, -0.25) is 0 Å². The van der Waals surface area contributed by atoms with Gasteiger partial charge in [0.25, 0.3) is 0 Å². The summed E-state index contributed by atoms with van der Waals surface area (Å²) in [6.07, 6.45) is 2.46. The van der Waals surface area contributed by atoms with E-state index >= 15 is 0 Å². The van der Waals surface area contributed by atoms with Gasteiger partial charge in [-0.15, -0.1) is 0 Å². The monoisotopic (exact) mass is 205 g/mol. The lowest BCUT2D eigenvalue weighted by Crippen LogP contribution is -2.27. The van der Waals surface area contributed by atoms with E-state index in [1.165, 1.54) is 0 Å². The van der Waals surface area contributed by atoms with Crippen LogP contribution in [-0.4, -0.2) is 37.1 Å². The SMILES string of the molecule is CCC(N)CSCC1CCOCO1. The predicted molar refractivity (Wildman–Crippen MR) is 55.9 cm³/mol. The topological polar surface area (TPSA) is 44.5 Å². The first kappa shape index (κ1) is 11.3. The third kappa shape index (κ3) is 4.86. The van der Waals surface area contributed by atoms with Crippen LogP contribution in [0.3, 0.4) is 0 Å². The molecule has 1 fully saturated rings. The molecule has 2 N–H and O–H groups in total. The Morgan fingerprint density at radius 3 is 3.08 bits per heavy atom. The summed E-state index contributed by atoms with van der Waals surface area (Å²) >= 11 is 1.89. The molecule has 0 radical (unpaired) electrons. The number of nitrogens with two attached hydrogens (primary N) is 1. The minimum absolute atomic E-state index is 0.338. The Morgan fingerprint density at radius 1 is 1.62 bits per heavy atom. The minimum Gasteiger partial charge on any atom is -0.355 e. The van der Waals surface area contributed by atoms with E-state index in [1.54, 1.807) is 0 Å². The van der Waals surface area contributed by atoms with Gasteiger partial charge in [-0.25, -0.2) is 0 Å². The van der Waals surface area contributed by atoms with Crippen molar-refractivity contribution in [2.24, 2.45) is 5.73 Å². The first-order valence-corrected chi connectivity index (χ1v) is 6.01. The summed E-state index contributed by atoms with van der Waals surface area (Å²) in [7, 11) is 0. The van der Waals surface area contributed by atoms with Gasteiger partial charge in [0.05, 0.1) is 12.7 Å². The highest BCUT2D eigenvalue weighted by Crippen LogP contribution is 2.13. The summed E-state index contributed by atoms with van der Waals surface area (Å²) in [6.45, 7) is 3.42. The maximum absolute atomic E-state index is 5.80. The van der Waals surface area contributed by atoms with E-state index in [4.69, 9.17) is 15.2 Å². The summed E-state index contributed by atoms with van der Waals surface area (Å²) < 4.78 is 10.5. The number of hydrogen-bond acceptors (Lipinski definition) is 4. The molecule has 0 aromatic rings. The second-order valence-electron chi connectivity index (χ2n) is 3.31. The molecule has 1 aliphatic heterocycles. The van der Waals surface area contributed by atoms with Crippen LogP contribution in [0.2, 0.25) is 0 Å². The van der Waals surface area contributed by atoms with E-state index in [1.807, 2.05) is 11.8 Å². The van der Waals surface area contributed by atoms with Gasteiger partial charge in [0.2, 0.25) is 0 Å². The molecule has 0 spiro atoms. The smallest absolute Gasteiger partial charge is 0.147 e. The Morgan fingerprint density at radius 2 is 2.46 bits per heavy atom. The van der Waals surface area contributed by atoms with E-state index in [2.05, 4.69) is 6.92 Å². The Hall–Kier alpha value is 0.230. The summed E-state index contributed by atoms with van der Waals surface area (Å²) in [6, 6.07) is 0.338. The second kappa shape index (κ2) is 6.65. The van der Waals surface area contributed by atoms with Crippen LogP contribution >= 0.6 is 11.8 Å². The third-order valence-corrected chi connectivity index (χ3v) is 3.40. The molecule has 1 aliphatic rings. The van der Waals surface area contributed by atoms with Crippen molar-refractivity contribution in [3.8, 4) is 0 Å². The van der Waals surface area contributed by atoms with Crippen molar-refractivity contribution < 1.29 is 9.47 Å². The first-order chi connectivity index (χ1) is 6.33. The van der Waals surface area contributed by atoms with Gasteiger partial charge in [0.1, 0.15) is 6.79 Å². The zero-order valence-electron chi connectivity index (χ0n) is 8.20. The average molecular weight is 205 g/mol. The molecule has 2 atom stereocenters. The van der Waals surface area contributed by atoms with Crippen molar-refractivity contribution in [2.45, 2.75) is 31.9 Å². The quantitative estimate of drug-likeness (QED) is 0.733. The highest BCUT2D eigenvalue weighted by atomic mass is 32.2. The summed E-state index contributed by atoms with van der Waals surface area (Å²) in [5.41, 5.74) is 5.80. The molecular weight excluding hydrogens is 186 g/mol. The fourth-order valence-corrected chi connectivity index (χ4v) is 2.30. The van der Waals surface area contributed by atoms with Gasteiger partial charge in [0, 0.05) is 17.5 Å². The first-order valence-electron chi connectivity index (χ1n) is 4.85. The average Bonchev–Trinajstić information content (AvgIpc) is 2.19. The maximum atomic E-state index is 5.80. The predicted octanol–water partition coefficient (Wildman–Crippen LogP) is 1.22. The number of thioether (sulfide) groups is 1. The number of hydrogen-bond donors (Lipinski definition) is 1. The minimum atomic E-state index is 0.338. The molecule has 0 amide bonds. The van der Waals surface area contributed by atoms with E-state index in [0.717, 1.165) is 31.0 Å². The van der Waals surface area contributed by atoms with Gasteiger partial charge in [0.15, 0.2) is 0 Å². The van der Waals surface area contributed by atoms with Crippen LogP contribution in [0.15, 0.2) is 0 Å². The van der Waals surface area contributed by atoms with E-state index in [0.29, 0.717) is 18.9 Å². The molecule has 1 rings (SSSR count). The molecule has 13 heavy (non-hydrogen) atoms. The largest absolute Gasteiger partial charge is 0.355 e. The molecule has 0 saturated carbocycles. The Bertz CT molecular complexity index is 129. The van der Waals surface area contributed by atoms with Crippen LogP contribution in [-0.2, 0) is 9.47 Å². The van der Waals surface area contributed by atoms with Crippen molar-refractivity contribution in [2.75, 3.05) is 24.9 Å². The van der Waals surface area contributed by atoms with E-state index < -0.39 is 0 Å². The molecule has 78 valence electrons. The fraction of sp³-hybridized carbons (Fsp3) is 1.00. The van der Waals surface area contributed by atoms with E-state index in [-0.39, 0.29) is 0 Å². The van der Waals surface area contributed by atoms with Crippen LogP contribution in [0, 0.1) is 0 Å². The normalized spacial score (nSPS) is 25.8. The Labute approximate surface area is 84.3 Å². The van der Waals surface area contributed by atoms with Crippen molar-refractivity contribution in [1.82, 2.24) is 0 Å². The van der Waals surface area contributed by atoms with Gasteiger partial charge in [-0.2, -0.15) is 11.8 Å². The van der Waals surface area contributed by atoms with Crippen molar-refractivity contribution >= 4 is 11.8 Å². The van der Waals surface area contributed by atoms with Crippen molar-refractivity contribution in [3.05, 3.63) is 0 Å². The lowest BCUT2D eigenvalue weighted by molar-refractivity contribution is -0.130. The molecule has 0 aliphatic carbocycles. The molecule has 3 nitrogen and oxygen atoms in total. The summed E-state index contributed by atoms with van der Waals surface area (Å²) in [4.78, 5) is 0. The van der Waals surface area contributed by atoms with E-state index in [9.17, 15) is 0 Å². The molecule has 0 aromatic heterocycles. The molecule has 2 unspecified atom stereocenters. The lowest BCUT2D eigenvalue weighted by Gasteiger charge is -2.22. The van der Waals surface area contributed by atoms with Crippen LogP contribution in [0.1, 0.15) is 19.8 Å². The van der Waals surface area contributed by atoms with Gasteiger partial charge < -0.3 is 15.2 Å². The third-order valence-electron chi connectivity index (χ3n) is 2.13. The molecule has 0 bridgehead atoms. The van der Waals surface area contributed by atoms with Crippen LogP contribution in [0.25, 0.3) is 0 Å². The zero-order chi connectivity index (χ0) is 9.52. The highest BCUT2D eigenvalue weighted by molar-refractivity contribution is 7.99. The van der Waals surface area contributed by atoms with Crippen LogP contribution < -0.4 is 5.73 Å². The molecule has 4 heteroatoms. The number of rotatable bonds is 5. The van der Waals surface area contributed by atoms with Crippen molar-refractivity contribution in [3.63, 3.8) is 0 Å². The van der Waals surface area contributed by atoms with Crippen LogP contribution in [0.5, 0.6) is 0 Å². The zero-order valence-corrected chi connectivity index (χ0v) is 9.02. The molecule has 1 heterocycles. The summed E-state index contributed by atoms with van der Waals surface area (Å²) in [5, 5.41) is 0. The molecule has 0 aromatic carbocycles. The number of ether oxygens (including phenoxy) is 2. The Kier molecular flexibility index (Phi) is 5.78. The lowest BCUT2D eigenvalue weighted by atomic mass is 10.3. The summed E-state index contributed by atoms with van der Waals surface area (Å²) in [5.74, 6) is 2.09. The fourth-order valence-electron chi connectivity index (χ4n) is 1.10. The molecule has 1 saturated heterocycles. The second-order valence-corrected chi connectivity index (χ2v) is 4.38. The van der Waals surface area contributed by atoms with Gasteiger partial charge >= 0.3 is 0 Å². The van der Waals surface area contributed by atoms with Gasteiger partial charge in [-0.05, 0) is 12.8 Å².